The number of methoxy groups -OCH3 is 3. The summed E-state index contributed by atoms with van der Waals surface area (Å²) in [7, 11) is -8.15. The highest BCUT2D eigenvalue weighted by Crippen LogP contribution is 2.47. The SMILES string of the molecule is COC(=O)N[C@H](C(=O)N[C@@H](Cc1ccc(C#Cc2cnc(N3CC4CCC(C3)N4C3COC3)nc2)cc1)[C@H](CN(Cc1c(F)cc(-c2ccn(C(F)F)n2)cc1F)NC(=O)[C@@H](NC(=O)OC)C(C)(C)C(F)(F)F)OC(=O)CC(C)(C)c1c(CC(=O)NC(CCP(=O)(O)O)C(=O)OC)cc(C)cc1OP(=O)(O)O)C(C)(C)C(F)(F)F. The molecule has 3 aliphatic heterocycles. The molecule has 7 atom stereocenters. The van der Waals surface area contributed by atoms with Gasteiger partial charge in [0.2, 0.25) is 17.8 Å². The first-order valence-corrected chi connectivity index (χ1v) is 38.4. The number of benzene rings is 3. The van der Waals surface area contributed by atoms with Gasteiger partial charge >= 0.3 is 58.4 Å². The summed E-state index contributed by atoms with van der Waals surface area (Å²) >= 11 is 0. The first kappa shape index (κ1) is 90.0. The van der Waals surface area contributed by atoms with Gasteiger partial charge in [0.05, 0.1) is 94.3 Å². The van der Waals surface area contributed by atoms with Crippen molar-refractivity contribution in [2.24, 2.45) is 10.8 Å². The lowest BCUT2D eigenvalue weighted by molar-refractivity contribution is -0.221. The van der Waals surface area contributed by atoms with Crippen LogP contribution in [0.4, 0.5) is 59.4 Å². The van der Waals surface area contributed by atoms with Gasteiger partial charge in [0.25, 0.3) is 5.91 Å². The number of nitrogens with zero attached hydrogens (tertiary/aromatic N) is 7. The summed E-state index contributed by atoms with van der Waals surface area (Å²) in [6.07, 6.45) is -15.1. The average molecular weight is 1660 g/mol. The number of piperazine rings is 1. The van der Waals surface area contributed by atoms with Crippen LogP contribution in [0.2, 0.25) is 0 Å². The summed E-state index contributed by atoms with van der Waals surface area (Å²) in [5.74, 6) is -4.99. The smallest absolute Gasteiger partial charge is 0.467 e. The highest BCUT2D eigenvalue weighted by molar-refractivity contribution is 7.51. The number of carbonyl (C=O) groups is 7. The fourth-order valence-electron chi connectivity index (χ4n) is 13.4. The van der Waals surface area contributed by atoms with Crippen LogP contribution in [0.3, 0.4) is 0 Å². The van der Waals surface area contributed by atoms with Gasteiger partial charge in [-0.05, 0) is 113 Å². The molecule has 5 aromatic rings. The van der Waals surface area contributed by atoms with Crippen molar-refractivity contribution in [2.75, 3.05) is 65.2 Å². The summed E-state index contributed by atoms with van der Waals surface area (Å²) < 4.78 is 208. The van der Waals surface area contributed by atoms with E-state index in [0.717, 1.165) is 45.4 Å². The molecule has 5 amide bonds. The van der Waals surface area contributed by atoms with Crippen molar-refractivity contribution in [1.82, 2.24) is 56.4 Å². The number of halogens is 10. The van der Waals surface area contributed by atoms with E-state index in [1.807, 2.05) is 10.7 Å². The maximum absolute atomic E-state index is 16.9. The number of hydrogen-bond acceptors (Lipinski definition) is 21. The lowest BCUT2D eigenvalue weighted by atomic mass is 9.77. The van der Waals surface area contributed by atoms with E-state index in [-0.39, 0.29) is 39.0 Å². The van der Waals surface area contributed by atoms with Gasteiger partial charge in [0.1, 0.15) is 41.6 Å². The number of alkyl carbamates (subject to hydrolysis) is 2. The van der Waals surface area contributed by atoms with Gasteiger partial charge < -0.3 is 64.2 Å². The minimum Gasteiger partial charge on any atom is -0.467 e. The van der Waals surface area contributed by atoms with Gasteiger partial charge in [-0.1, -0.05) is 43.9 Å². The minimum atomic E-state index is -5.67. The number of rotatable bonds is 32. The zero-order valence-corrected chi connectivity index (χ0v) is 64.8. The van der Waals surface area contributed by atoms with E-state index in [9.17, 15) is 61.5 Å². The third-order valence-electron chi connectivity index (χ3n) is 19.6. The van der Waals surface area contributed by atoms with E-state index >= 15 is 44.7 Å². The number of ether oxygens (including phenoxy) is 5. The maximum Gasteiger partial charge on any atom is 0.524 e. The molecule has 43 heteroatoms. The summed E-state index contributed by atoms with van der Waals surface area (Å²) in [5, 5.41) is 12.2. The molecule has 9 N–H and O–H groups in total. The number of hydrazine groups is 1. The van der Waals surface area contributed by atoms with Crippen LogP contribution >= 0.6 is 15.4 Å². The first-order valence-electron chi connectivity index (χ1n) is 35.0. The quantitative estimate of drug-likeness (QED) is 0.00503. The van der Waals surface area contributed by atoms with Crippen molar-refractivity contribution in [2.45, 2.75) is 166 Å². The van der Waals surface area contributed by atoms with Gasteiger partial charge in [-0.2, -0.15) is 40.2 Å². The zero-order chi connectivity index (χ0) is 84.5. The largest absolute Gasteiger partial charge is 0.524 e. The molecule has 0 radical (unpaired) electrons. The van der Waals surface area contributed by atoms with Crippen LogP contribution in [0.5, 0.6) is 5.75 Å². The maximum atomic E-state index is 16.9. The Morgan fingerprint density at radius 2 is 1.29 bits per heavy atom. The van der Waals surface area contributed by atoms with E-state index in [2.05, 4.69) is 56.8 Å². The number of aromatic nitrogens is 4. The predicted molar refractivity (Wildman–Crippen MR) is 382 cm³/mol. The third-order valence-corrected chi connectivity index (χ3v) is 20.9. The number of anilines is 1. The van der Waals surface area contributed by atoms with Crippen LogP contribution in [-0.2, 0) is 81.6 Å². The average Bonchev–Trinajstić information content (AvgIpc) is 1.32. The Labute approximate surface area is 646 Å². The predicted octanol–water partition coefficient (Wildman–Crippen LogP) is 7.48. The Hall–Kier alpha value is -9.52. The molecular formula is C71H86F10N12O19P2. The van der Waals surface area contributed by atoms with E-state index in [1.165, 1.54) is 63.5 Å². The molecule has 3 aromatic carbocycles. The van der Waals surface area contributed by atoms with Crippen LogP contribution in [0, 0.1) is 41.2 Å². The Morgan fingerprint density at radius 1 is 0.728 bits per heavy atom. The number of alkyl halides is 8. The van der Waals surface area contributed by atoms with Crippen LogP contribution < -0.4 is 36.1 Å². The van der Waals surface area contributed by atoms with Gasteiger partial charge in [-0.3, -0.25) is 43.9 Å². The molecule has 3 saturated heterocycles. The van der Waals surface area contributed by atoms with Crippen molar-refractivity contribution in [3.05, 3.63) is 124 Å². The minimum absolute atomic E-state index is 0.0520. The molecule has 0 saturated carbocycles. The molecule has 3 fully saturated rings. The van der Waals surface area contributed by atoms with E-state index in [0.29, 0.717) is 95.8 Å². The Bertz CT molecular complexity index is 4460. The van der Waals surface area contributed by atoms with Gasteiger partial charge in [-0.15, -0.1) is 0 Å². The number of amides is 5. The summed E-state index contributed by atoms with van der Waals surface area (Å²) in [5.41, 5.74) is -8.49. The number of esters is 2. The van der Waals surface area contributed by atoms with Gasteiger partial charge in [0, 0.05) is 78.0 Å². The normalized spacial score (nSPS) is 17.1. The number of nitrogens with one attached hydrogen (secondary N) is 5. The molecule has 5 heterocycles. The molecule has 3 unspecified atom stereocenters. The van der Waals surface area contributed by atoms with Crippen LogP contribution in [0.25, 0.3) is 11.3 Å². The second-order valence-corrected chi connectivity index (χ2v) is 32.2. The number of fused-ring (bicyclic) bond motifs is 2. The van der Waals surface area contributed by atoms with Crippen molar-refractivity contribution in [3.8, 4) is 28.8 Å². The summed E-state index contributed by atoms with van der Waals surface area (Å²) in [6, 6.07) is 1.50. The Balaban J connectivity index is 1.28. The molecule has 0 aliphatic carbocycles. The van der Waals surface area contributed by atoms with Crippen molar-refractivity contribution >= 4 is 63.2 Å². The van der Waals surface area contributed by atoms with E-state index in [4.69, 9.17) is 18.7 Å². The lowest BCUT2D eigenvalue weighted by Crippen LogP contribution is -2.64. The van der Waals surface area contributed by atoms with Crippen molar-refractivity contribution < 1.29 is 134 Å². The molecule has 2 bridgehead atoms. The zero-order valence-electron chi connectivity index (χ0n) is 63.0. The van der Waals surface area contributed by atoms with Crippen LogP contribution in [-0.4, -0.2) is 212 Å². The highest BCUT2D eigenvalue weighted by Gasteiger charge is 2.58. The highest BCUT2D eigenvalue weighted by atomic mass is 31.2. The number of aryl methyl sites for hydroxylation is 1. The van der Waals surface area contributed by atoms with Gasteiger partial charge in [-0.25, -0.2) is 47.4 Å². The fraction of sp³-hybridized carbons (Fsp3) is 0.521. The first-order chi connectivity index (χ1) is 53.0. The van der Waals surface area contributed by atoms with Crippen LogP contribution in [0.15, 0.2) is 73.2 Å². The molecule has 114 heavy (non-hydrogen) atoms. The van der Waals surface area contributed by atoms with Gasteiger partial charge in [0.15, 0.2) is 0 Å². The van der Waals surface area contributed by atoms with E-state index < -0.39 is 207 Å². The fourth-order valence-corrected chi connectivity index (χ4v) is 14.4. The number of carbonyl (C=O) groups excluding carboxylic acids is 7. The molecule has 31 nitrogen and oxygen atoms in total. The molecule has 8 rings (SSSR count). The molecule has 3 aliphatic rings. The summed E-state index contributed by atoms with van der Waals surface area (Å²) in [4.78, 5) is 152. The molecular weight excluding hydrogens is 1580 g/mol. The monoisotopic (exact) mass is 1660 g/mol. The van der Waals surface area contributed by atoms with Crippen LogP contribution in [0.1, 0.15) is 113 Å². The summed E-state index contributed by atoms with van der Waals surface area (Å²) in [6.45, 7) is 2.34. The van der Waals surface area contributed by atoms with Crippen molar-refractivity contribution in [3.63, 3.8) is 0 Å². The molecule has 2 aromatic heterocycles. The molecule has 624 valence electrons. The Kier molecular flexibility index (Phi) is 28.8. The topological polar surface area (TPSA) is 403 Å². The van der Waals surface area contributed by atoms with Crippen molar-refractivity contribution in [1.29, 1.82) is 0 Å². The third kappa shape index (κ3) is 23.2. The number of phosphoric acid groups is 1. The number of hydrogen-bond donors (Lipinski definition) is 9. The van der Waals surface area contributed by atoms with E-state index in [1.54, 1.807) is 5.32 Å². The second-order valence-electron chi connectivity index (χ2n) is 29.2. The Morgan fingerprint density at radius 3 is 1.79 bits per heavy atom. The standard InChI is InChI=1S/C71H86F10N12O19P2/c1-38-23-43(28-55(94)84-51(62(98)107-8)20-22-113(101,102)103)57(53(24-38)112-114(104,105)106)67(2,3)29-56(95)111-54(35-91(89-61(97)59(87-66(100)109-10)69(6,7)71(79,80)81)34-47-48(72)26-42(27-49(47)73)50-19-21-92(88-50)63(74)75)52(85-60(96)58(86-65(99)108-9)68(4,5)70(76,77)78)25-40-14-11-39(12-15-40)13-16-41-30-82-64(83-31-41)90-32-44-17-18-45(33-90)93(44)46-36-110-37-46/h11-12,14-15,19,21,23-24,26-27,30-31,44-46,51-52,54,58-59,63H,17-18,20,22,25,28-29,32-37H2,1-10H3,(H,84,94)(H,85,96)(H,86,99)(H,87,100)(H,89,97)(H2,101,102,103)(H2,104,105,106)/t44?,45?,51?,52-,54-,58+,59+/m0/s1. The lowest BCUT2D eigenvalue weighted by Gasteiger charge is -2.47. The second kappa shape index (κ2) is 36.5. The molecule has 0 spiro atoms. The number of phosphoric ester groups is 1.